The Bertz CT molecular complexity index is 341. The molecule has 1 heterocycles. The predicted molar refractivity (Wildman–Crippen MR) is 50.9 cm³/mol. The van der Waals surface area contributed by atoms with Crippen LogP contribution in [-0.4, -0.2) is 25.4 Å². The summed E-state index contributed by atoms with van der Waals surface area (Å²) in [4.78, 5) is 0. The van der Waals surface area contributed by atoms with E-state index < -0.39 is 30.7 Å². The summed E-state index contributed by atoms with van der Waals surface area (Å²) in [6.07, 6.45) is -10.0. The van der Waals surface area contributed by atoms with E-state index >= 15 is 0 Å². The third-order valence-corrected chi connectivity index (χ3v) is 2.48. The average molecular weight is 275 g/mol. The molecule has 0 radical (unpaired) electrons. The van der Waals surface area contributed by atoms with Crippen LogP contribution in [0.2, 0.25) is 0 Å². The molecule has 1 aromatic heterocycles. The molecule has 0 amide bonds. The van der Waals surface area contributed by atoms with Gasteiger partial charge in [0, 0.05) is 12.5 Å². The summed E-state index contributed by atoms with van der Waals surface area (Å²) < 4.78 is 79.7. The molecule has 0 fully saturated rings. The molecule has 1 rings (SSSR count). The summed E-state index contributed by atoms with van der Waals surface area (Å²) >= 11 is 0. The Morgan fingerprint density at radius 1 is 1.17 bits per heavy atom. The SMILES string of the molecule is CNC(Cc1ccco1)C(C(F)(F)F)C(F)(F)F. The number of furan rings is 1. The van der Waals surface area contributed by atoms with Crippen LogP contribution in [0.5, 0.6) is 0 Å². The van der Waals surface area contributed by atoms with E-state index in [1.54, 1.807) is 0 Å². The van der Waals surface area contributed by atoms with E-state index in [1.165, 1.54) is 18.4 Å². The third-order valence-electron chi connectivity index (χ3n) is 2.48. The second kappa shape index (κ2) is 5.21. The molecule has 104 valence electrons. The zero-order valence-electron chi connectivity index (χ0n) is 9.27. The Balaban J connectivity index is 2.95. The van der Waals surface area contributed by atoms with E-state index in [9.17, 15) is 26.3 Å². The van der Waals surface area contributed by atoms with Crippen LogP contribution in [0, 0.1) is 5.92 Å². The maximum absolute atomic E-state index is 12.5. The molecule has 1 aromatic rings. The van der Waals surface area contributed by atoms with Gasteiger partial charge in [-0.15, -0.1) is 0 Å². The van der Waals surface area contributed by atoms with E-state index in [1.807, 2.05) is 0 Å². The van der Waals surface area contributed by atoms with Crippen molar-refractivity contribution in [3.05, 3.63) is 24.2 Å². The maximum Gasteiger partial charge on any atom is 0.402 e. The number of hydrogen-bond acceptors (Lipinski definition) is 2. The standard InChI is InChI=1S/C10H11F6NO/c1-17-7(5-6-3-2-4-18-6)8(9(11,12)13)10(14,15)16/h2-4,7-8,17H,5H2,1H3. The zero-order valence-corrected chi connectivity index (χ0v) is 9.27. The van der Waals surface area contributed by atoms with Crippen molar-refractivity contribution in [3.63, 3.8) is 0 Å². The topological polar surface area (TPSA) is 25.2 Å². The Kier molecular flexibility index (Phi) is 4.31. The molecule has 8 heteroatoms. The van der Waals surface area contributed by atoms with Crippen LogP contribution in [0.1, 0.15) is 5.76 Å². The van der Waals surface area contributed by atoms with Crippen molar-refractivity contribution >= 4 is 0 Å². The van der Waals surface area contributed by atoms with Gasteiger partial charge in [0.2, 0.25) is 0 Å². The number of likely N-dealkylation sites (N-methyl/N-ethyl adjacent to an activating group) is 1. The molecule has 0 aliphatic rings. The van der Waals surface area contributed by atoms with Gasteiger partial charge in [-0.05, 0) is 19.2 Å². The molecule has 1 atom stereocenters. The minimum atomic E-state index is -5.36. The molecule has 2 nitrogen and oxygen atoms in total. The fraction of sp³-hybridized carbons (Fsp3) is 0.600. The van der Waals surface area contributed by atoms with Crippen LogP contribution in [0.15, 0.2) is 22.8 Å². The Morgan fingerprint density at radius 3 is 2.06 bits per heavy atom. The molecule has 18 heavy (non-hydrogen) atoms. The smallest absolute Gasteiger partial charge is 0.402 e. The van der Waals surface area contributed by atoms with Crippen molar-refractivity contribution in [2.75, 3.05) is 7.05 Å². The van der Waals surface area contributed by atoms with Crippen LogP contribution in [0.25, 0.3) is 0 Å². The van der Waals surface area contributed by atoms with Gasteiger partial charge >= 0.3 is 12.4 Å². The molecule has 0 bridgehead atoms. The van der Waals surface area contributed by atoms with Gasteiger partial charge in [-0.2, -0.15) is 26.3 Å². The highest BCUT2D eigenvalue weighted by Gasteiger charge is 2.59. The Hall–Kier alpha value is -1.18. The summed E-state index contributed by atoms with van der Waals surface area (Å²) in [5, 5.41) is 2.05. The number of alkyl halides is 6. The fourth-order valence-corrected chi connectivity index (χ4v) is 1.67. The number of hydrogen-bond donors (Lipinski definition) is 1. The lowest BCUT2D eigenvalue weighted by Crippen LogP contribution is -2.51. The molecule has 0 saturated carbocycles. The van der Waals surface area contributed by atoms with Gasteiger partial charge in [-0.25, -0.2) is 0 Å². The van der Waals surface area contributed by atoms with E-state index in [4.69, 9.17) is 4.42 Å². The Labute approximate surface area is 99.0 Å². The first-order valence-electron chi connectivity index (χ1n) is 4.99. The first-order chi connectivity index (χ1) is 8.16. The lowest BCUT2D eigenvalue weighted by molar-refractivity contribution is -0.291. The normalized spacial score (nSPS) is 15.1. The van der Waals surface area contributed by atoms with E-state index in [0.29, 0.717) is 0 Å². The first-order valence-corrected chi connectivity index (χ1v) is 4.99. The van der Waals surface area contributed by atoms with E-state index in [2.05, 4.69) is 5.32 Å². The molecular weight excluding hydrogens is 264 g/mol. The van der Waals surface area contributed by atoms with Crippen molar-refractivity contribution in [1.29, 1.82) is 0 Å². The quantitative estimate of drug-likeness (QED) is 0.854. The summed E-state index contributed by atoms with van der Waals surface area (Å²) in [6, 6.07) is 0.906. The molecule has 0 saturated heterocycles. The summed E-state index contributed by atoms with van der Waals surface area (Å²) in [5.41, 5.74) is 0. The van der Waals surface area contributed by atoms with Crippen molar-refractivity contribution in [1.82, 2.24) is 5.32 Å². The minimum absolute atomic E-state index is 0.0628. The molecule has 0 aliphatic carbocycles. The van der Waals surface area contributed by atoms with Gasteiger partial charge in [0.15, 0.2) is 5.92 Å². The minimum Gasteiger partial charge on any atom is -0.469 e. The van der Waals surface area contributed by atoms with Gasteiger partial charge < -0.3 is 9.73 Å². The predicted octanol–water partition coefficient (Wildman–Crippen LogP) is 3.15. The number of halogens is 6. The van der Waals surface area contributed by atoms with Crippen LogP contribution in [-0.2, 0) is 6.42 Å². The van der Waals surface area contributed by atoms with Crippen molar-refractivity contribution in [3.8, 4) is 0 Å². The molecule has 1 N–H and O–H groups in total. The molecule has 0 aliphatic heterocycles. The summed E-state index contributed by atoms with van der Waals surface area (Å²) in [7, 11) is 1.05. The molecule has 1 unspecified atom stereocenters. The van der Waals surface area contributed by atoms with Crippen molar-refractivity contribution in [2.45, 2.75) is 24.8 Å². The van der Waals surface area contributed by atoms with Gasteiger partial charge in [0.05, 0.1) is 6.26 Å². The van der Waals surface area contributed by atoms with Gasteiger partial charge in [0.25, 0.3) is 0 Å². The zero-order chi connectivity index (χ0) is 14.0. The van der Waals surface area contributed by atoms with Crippen LogP contribution in [0.4, 0.5) is 26.3 Å². The molecule has 0 aromatic carbocycles. The van der Waals surface area contributed by atoms with Crippen molar-refractivity contribution < 1.29 is 30.8 Å². The first kappa shape index (κ1) is 14.9. The largest absolute Gasteiger partial charge is 0.469 e. The highest BCUT2D eigenvalue weighted by molar-refractivity contribution is 5.02. The number of nitrogens with one attached hydrogen (secondary N) is 1. The highest BCUT2D eigenvalue weighted by atomic mass is 19.4. The van der Waals surface area contributed by atoms with Gasteiger partial charge in [-0.1, -0.05) is 0 Å². The molecule has 0 spiro atoms. The second-order valence-electron chi connectivity index (χ2n) is 3.74. The number of rotatable bonds is 4. The lowest BCUT2D eigenvalue weighted by Gasteiger charge is -2.29. The van der Waals surface area contributed by atoms with Crippen LogP contribution < -0.4 is 5.32 Å². The summed E-state index contributed by atoms with van der Waals surface area (Å²) in [6.45, 7) is 0. The lowest BCUT2D eigenvalue weighted by atomic mass is 9.94. The van der Waals surface area contributed by atoms with E-state index in [-0.39, 0.29) is 5.76 Å². The second-order valence-corrected chi connectivity index (χ2v) is 3.74. The average Bonchev–Trinajstić information content (AvgIpc) is 2.64. The fourth-order valence-electron chi connectivity index (χ4n) is 1.67. The third kappa shape index (κ3) is 3.66. The van der Waals surface area contributed by atoms with Crippen LogP contribution in [0.3, 0.4) is 0 Å². The summed E-state index contributed by atoms with van der Waals surface area (Å²) in [5.74, 6) is -3.37. The maximum atomic E-state index is 12.5. The van der Waals surface area contributed by atoms with Gasteiger partial charge in [-0.3, -0.25) is 0 Å². The molecular formula is C10H11F6NO. The van der Waals surface area contributed by atoms with Crippen LogP contribution >= 0.6 is 0 Å². The van der Waals surface area contributed by atoms with Gasteiger partial charge in [0.1, 0.15) is 5.76 Å². The van der Waals surface area contributed by atoms with E-state index in [0.717, 1.165) is 7.05 Å². The monoisotopic (exact) mass is 275 g/mol. The Morgan fingerprint density at radius 2 is 1.72 bits per heavy atom. The van der Waals surface area contributed by atoms with Crippen molar-refractivity contribution in [2.24, 2.45) is 5.92 Å². The highest BCUT2D eigenvalue weighted by Crippen LogP contribution is 2.42.